The number of hydrogen-bond donors (Lipinski definition) is 2. The quantitative estimate of drug-likeness (QED) is 0.561. The van der Waals surface area contributed by atoms with Crippen molar-refractivity contribution in [2.45, 2.75) is 18.0 Å². The summed E-state index contributed by atoms with van der Waals surface area (Å²) in [7, 11) is 1.54. The molecule has 36 heavy (non-hydrogen) atoms. The number of rotatable bonds is 4. The summed E-state index contributed by atoms with van der Waals surface area (Å²) in [6.45, 7) is 0.216. The van der Waals surface area contributed by atoms with Gasteiger partial charge < -0.3 is 25.0 Å². The first kappa shape index (κ1) is 23.5. The van der Waals surface area contributed by atoms with Crippen LogP contribution in [0.4, 0.5) is 10.5 Å². The molecule has 0 aliphatic carbocycles. The summed E-state index contributed by atoms with van der Waals surface area (Å²) in [5, 5.41) is 12.9. The van der Waals surface area contributed by atoms with E-state index in [0.717, 1.165) is 16.7 Å². The normalized spacial score (nSPS) is 20.5. The van der Waals surface area contributed by atoms with Crippen LogP contribution in [0.25, 0.3) is 0 Å². The van der Waals surface area contributed by atoms with Gasteiger partial charge in [0.1, 0.15) is 12.3 Å². The van der Waals surface area contributed by atoms with Crippen LogP contribution in [-0.2, 0) is 4.79 Å². The van der Waals surface area contributed by atoms with Crippen molar-refractivity contribution < 1.29 is 19.4 Å². The van der Waals surface area contributed by atoms with Crippen molar-refractivity contribution in [3.05, 3.63) is 95.6 Å². The van der Waals surface area contributed by atoms with Gasteiger partial charge in [0, 0.05) is 23.6 Å². The largest absolute Gasteiger partial charge is 0.495 e. The summed E-state index contributed by atoms with van der Waals surface area (Å²) >= 11 is 0. The molecule has 0 bridgehead atoms. The number of urea groups is 1. The van der Waals surface area contributed by atoms with Crippen molar-refractivity contribution in [2.24, 2.45) is 0 Å². The molecule has 182 valence electrons. The van der Waals surface area contributed by atoms with Crippen molar-refractivity contribution in [1.29, 1.82) is 0 Å². The van der Waals surface area contributed by atoms with Crippen molar-refractivity contribution in [1.82, 2.24) is 9.80 Å². The second kappa shape index (κ2) is 10.1. The fraction of sp³-hybridized carbons (Fsp3) is 0.241. The summed E-state index contributed by atoms with van der Waals surface area (Å²) in [5.74, 6) is 6.64. The Kier molecular flexibility index (Phi) is 6.61. The molecular weight excluding hydrogens is 454 g/mol. The highest BCUT2D eigenvalue weighted by molar-refractivity contribution is 5.94. The van der Waals surface area contributed by atoms with Gasteiger partial charge in [0.15, 0.2) is 0 Å². The monoisotopic (exact) mass is 481 g/mol. The smallest absolute Gasteiger partial charge is 0.322 e. The predicted molar refractivity (Wildman–Crippen MR) is 137 cm³/mol. The molecule has 7 nitrogen and oxygen atoms in total. The second-order valence-electron chi connectivity index (χ2n) is 8.89. The molecule has 2 heterocycles. The summed E-state index contributed by atoms with van der Waals surface area (Å²) in [5.41, 5.74) is 3.39. The number of carbonyl (C=O) groups is 2. The van der Waals surface area contributed by atoms with Gasteiger partial charge in [-0.05, 0) is 42.0 Å². The minimum Gasteiger partial charge on any atom is -0.495 e. The average molecular weight is 482 g/mol. The number of fused-ring (bicyclic) bond motifs is 1. The Hall–Kier alpha value is -4.28. The Morgan fingerprint density at radius 2 is 1.67 bits per heavy atom. The van der Waals surface area contributed by atoms with E-state index in [1.54, 1.807) is 24.1 Å². The van der Waals surface area contributed by atoms with Crippen molar-refractivity contribution in [2.75, 3.05) is 32.1 Å². The molecule has 2 aliphatic rings. The van der Waals surface area contributed by atoms with Gasteiger partial charge in [-0.15, -0.1) is 0 Å². The molecule has 3 amide bonds. The lowest BCUT2D eigenvalue weighted by molar-refractivity contribution is -0.159. The Labute approximate surface area is 210 Å². The number of ether oxygens (including phenoxy) is 1. The number of benzene rings is 3. The highest BCUT2D eigenvalue weighted by atomic mass is 16.5. The maximum Gasteiger partial charge on any atom is 0.322 e. The number of hydrogen-bond acceptors (Lipinski definition) is 4. The molecular formula is C29H27N3O4. The van der Waals surface area contributed by atoms with Crippen LogP contribution in [0.3, 0.4) is 0 Å². The van der Waals surface area contributed by atoms with Crippen LogP contribution in [0.1, 0.15) is 22.6 Å². The zero-order valence-corrected chi connectivity index (χ0v) is 19.9. The van der Waals surface area contributed by atoms with Gasteiger partial charge in [-0.25, -0.2) is 4.79 Å². The summed E-state index contributed by atoms with van der Waals surface area (Å²) in [6.07, 6.45) is 0. The molecule has 3 atom stereocenters. The number of carbonyl (C=O) groups excluding carboxylic acids is 2. The van der Waals surface area contributed by atoms with E-state index in [1.165, 1.54) is 4.90 Å². The zero-order valence-electron chi connectivity index (χ0n) is 19.9. The molecule has 0 radical (unpaired) electrons. The number of piperazine rings is 1. The molecule has 3 aromatic carbocycles. The fourth-order valence-corrected chi connectivity index (χ4v) is 5.05. The molecule has 7 heteroatoms. The topological polar surface area (TPSA) is 82.1 Å². The molecule has 0 spiro atoms. The van der Waals surface area contributed by atoms with Gasteiger partial charge in [0.05, 0.1) is 31.5 Å². The van der Waals surface area contributed by atoms with E-state index in [1.807, 2.05) is 66.7 Å². The standard InChI is InChI=1S/C29H27N3O4/c1-36-26-10-6-5-9-23(26)30-29(35)31-17-24-28(25(19-33)32(24)27(34)18-31)22-15-13-21(14-16-22)12-11-20-7-3-2-4-8-20/h2-10,13-16,24-25,28,33H,17-19H2,1H3,(H,30,35)/t24-,25-,28+/m0/s1. The zero-order chi connectivity index (χ0) is 25.1. The first-order valence-corrected chi connectivity index (χ1v) is 11.9. The maximum atomic E-state index is 13.0. The third kappa shape index (κ3) is 4.51. The van der Waals surface area contributed by atoms with Gasteiger partial charge in [0.2, 0.25) is 5.91 Å². The lowest BCUT2D eigenvalue weighted by Crippen LogP contribution is -2.73. The highest BCUT2D eigenvalue weighted by Gasteiger charge is 2.54. The van der Waals surface area contributed by atoms with Crippen LogP contribution in [0.15, 0.2) is 78.9 Å². The van der Waals surface area contributed by atoms with Crippen molar-refractivity contribution in [3.63, 3.8) is 0 Å². The molecule has 2 aliphatic heterocycles. The van der Waals surface area contributed by atoms with Crippen LogP contribution >= 0.6 is 0 Å². The van der Waals surface area contributed by atoms with Crippen molar-refractivity contribution in [3.8, 4) is 17.6 Å². The third-order valence-corrected chi connectivity index (χ3v) is 6.81. The molecule has 0 saturated carbocycles. The van der Waals surface area contributed by atoms with E-state index in [9.17, 15) is 14.7 Å². The lowest BCUT2D eigenvalue weighted by atomic mass is 9.73. The molecule has 0 unspecified atom stereocenters. The number of nitrogens with one attached hydrogen (secondary N) is 1. The van der Waals surface area contributed by atoms with Gasteiger partial charge in [-0.2, -0.15) is 0 Å². The van der Waals surface area contributed by atoms with E-state index >= 15 is 0 Å². The number of aliphatic hydroxyl groups is 1. The SMILES string of the molecule is COc1ccccc1NC(=O)N1CC(=O)N2[C@@H](CO)[C@H](c3ccc(C#Cc4ccccc4)cc3)[C@@H]2C1. The van der Waals surface area contributed by atoms with Crippen LogP contribution in [0, 0.1) is 11.8 Å². The lowest BCUT2D eigenvalue weighted by Gasteiger charge is -2.58. The van der Waals surface area contributed by atoms with Crippen molar-refractivity contribution >= 4 is 17.6 Å². The van der Waals surface area contributed by atoms with E-state index < -0.39 is 0 Å². The van der Waals surface area contributed by atoms with Crippen LogP contribution in [0.2, 0.25) is 0 Å². The summed E-state index contributed by atoms with van der Waals surface area (Å²) < 4.78 is 5.31. The van der Waals surface area contributed by atoms with E-state index in [-0.39, 0.29) is 43.1 Å². The average Bonchev–Trinajstić information content (AvgIpc) is 2.90. The Balaban J connectivity index is 1.31. The Bertz CT molecular complexity index is 1310. The fourth-order valence-electron chi connectivity index (χ4n) is 5.05. The minimum absolute atomic E-state index is 0.0330. The van der Waals surface area contributed by atoms with Gasteiger partial charge in [-0.1, -0.05) is 54.3 Å². The molecule has 0 aromatic heterocycles. The van der Waals surface area contributed by atoms with Gasteiger partial charge >= 0.3 is 6.03 Å². The van der Waals surface area contributed by atoms with Crippen LogP contribution in [-0.4, -0.2) is 65.7 Å². The molecule has 5 rings (SSSR count). The van der Waals surface area contributed by atoms with E-state index in [2.05, 4.69) is 17.2 Å². The Morgan fingerprint density at radius 1 is 1.00 bits per heavy atom. The summed E-state index contributed by atoms with van der Waals surface area (Å²) in [6, 6.07) is 24.0. The molecule has 2 fully saturated rings. The first-order chi connectivity index (χ1) is 17.6. The van der Waals surface area contributed by atoms with Crippen LogP contribution in [0.5, 0.6) is 5.75 Å². The highest BCUT2D eigenvalue weighted by Crippen LogP contribution is 2.43. The number of amides is 3. The maximum absolute atomic E-state index is 13.0. The van der Waals surface area contributed by atoms with Gasteiger partial charge in [0.25, 0.3) is 0 Å². The Morgan fingerprint density at radius 3 is 2.36 bits per heavy atom. The number of nitrogens with zero attached hydrogens (tertiary/aromatic N) is 2. The minimum atomic E-state index is -0.356. The molecule has 2 N–H and O–H groups in total. The first-order valence-electron chi connectivity index (χ1n) is 11.9. The second-order valence-corrected chi connectivity index (χ2v) is 8.89. The number of methoxy groups -OCH3 is 1. The molecule has 3 aromatic rings. The van der Waals surface area contributed by atoms with E-state index in [4.69, 9.17) is 4.74 Å². The molecule has 2 saturated heterocycles. The predicted octanol–water partition coefficient (Wildman–Crippen LogP) is 3.30. The summed E-state index contributed by atoms with van der Waals surface area (Å²) in [4.78, 5) is 29.2. The number of para-hydroxylation sites is 2. The number of anilines is 1. The van der Waals surface area contributed by atoms with E-state index in [0.29, 0.717) is 18.0 Å². The number of aliphatic hydroxyl groups excluding tert-OH is 1. The third-order valence-electron chi connectivity index (χ3n) is 6.81. The van der Waals surface area contributed by atoms with Crippen LogP contribution < -0.4 is 10.1 Å². The van der Waals surface area contributed by atoms with Gasteiger partial charge in [-0.3, -0.25) is 4.79 Å².